The number of halogens is 1. The number of hydrogen-bond acceptors (Lipinski definition) is 2. The molecular weight excluding hydrogens is 222 g/mol. The van der Waals surface area contributed by atoms with E-state index in [1.54, 1.807) is 0 Å². The van der Waals surface area contributed by atoms with Gasteiger partial charge in [0, 0.05) is 37.0 Å². The van der Waals surface area contributed by atoms with E-state index in [4.69, 9.17) is 11.6 Å². The van der Waals surface area contributed by atoms with Crippen LogP contribution in [0, 0.1) is 0 Å². The minimum atomic E-state index is 0.293. The highest BCUT2D eigenvalue weighted by Gasteiger charge is 2.22. The van der Waals surface area contributed by atoms with Crippen LogP contribution in [-0.4, -0.2) is 23.8 Å². The zero-order valence-corrected chi connectivity index (χ0v) is 10.2. The summed E-state index contributed by atoms with van der Waals surface area (Å²) in [4.78, 5) is 13.5. The van der Waals surface area contributed by atoms with Crippen molar-refractivity contribution in [2.45, 2.75) is 25.8 Å². The second-order valence-electron chi connectivity index (χ2n) is 4.27. The molecule has 1 fully saturated rings. The smallest absolute Gasteiger partial charge is 0.135 e. The Morgan fingerprint density at radius 2 is 1.88 bits per heavy atom. The summed E-state index contributed by atoms with van der Waals surface area (Å²) >= 11 is 6.17. The number of ketones is 1. The first-order valence-corrected chi connectivity index (χ1v) is 6.06. The number of nitrogens with zero attached hydrogens (tertiary/aromatic N) is 1. The number of hydrogen-bond donors (Lipinski definition) is 0. The van der Waals surface area contributed by atoms with E-state index in [9.17, 15) is 4.79 Å². The highest BCUT2D eigenvalue weighted by Crippen LogP contribution is 2.28. The molecule has 1 heterocycles. The van der Waals surface area contributed by atoms with Gasteiger partial charge in [-0.05, 0) is 18.6 Å². The first-order valence-electron chi connectivity index (χ1n) is 5.68. The fourth-order valence-electron chi connectivity index (χ4n) is 2.17. The maximum Gasteiger partial charge on any atom is 0.135 e. The number of rotatable bonds is 2. The number of piperidine rings is 1. The first-order chi connectivity index (χ1) is 7.68. The van der Waals surface area contributed by atoms with E-state index in [0.717, 1.165) is 23.7 Å². The molecule has 86 valence electrons. The lowest BCUT2D eigenvalue weighted by Gasteiger charge is -2.32. The van der Waals surface area contributed by atoms with Crippen LogP contribution in [0.4, 0.5) is 0 Å². The molecule has 0 spiro atoms. The molecule has 2 nitrogen and oxygen atoms in total. The van der Waals surface area contributed by atoms with Gasteiger partial charge >= 0.3 is 0 Å². The van der Waals surface area contributed by atoms with Gasteiger partial charge in [0.1, 0.15) is 5.78 Å². The number of Topliss-reactive ketones (excluding diaryl/α,β-unsaturated/α-hetero) is 1. The molecule has 16 heavy (non-hydrogen) atoms. The molecule has 2 rings (SSSR count). The van der Waals surface area contributed by atoms with Gasteiger partial charge < -0.3 is 0 Å². The summed E-state index contributed by atoms with van der Waals surface area (Å²) < 4.78 is 0. The van der Waals surface area contributed by atoms with Gasteiger partial charge in [0.05, 0.1) is 0 Å². The van der Waals surface area contributed by atoms with Gasteiger partial charge in [-0.2, -0.15) is 0 Å². The second-order valence-corrected chi connectivity index (χ2v) is 4.68. The van der Waals surface area contributed by atoms with E-state index in [-0.39, 0.29) is 0 Å². The summed E-state index contributed by atoms with van der Waals surface area (Å²) in [6.07, 6.45) is 1.35. The van der Waals surface area contributed by atoms with Crippen LogP contribution in [-0.2, 0) is 4.79 Å². The summed E-state index contributed by atoms with van der Waals surface area (Å²) in [5.41, 5.74) is 1.15. The zero-order chi connectivity index (χ0) is 11.5. The van der Waals surface area contributed by atoms with Gasteiger partial charge in [-0.3, -0.25) is 9.69 Å². The van der Waals surface area contributed by atoms with Gasteiger partial charge in [-0.25, -0.2) is 0 Å². The Labute approximate surface area is 101 Å². The van der Waals surface area contributed by atoms with Crippen molar-refractivity contribution < 1.29 is 4.79 Å². The molecule has 1 aliphatic rings. The molecule has 1 atom stereocenters. The number of benzene rings is 1. The van der Waals surface area contributed by atoms with Crippen LogP contribution < -0.4 is 0 Å². The van der Waals surface area contributed by atoms with E-state index in [2.05, 4.69) is 17.9 Å². The summed E-state index contributed by atoms with van der Waals surface area (Å²) in [7, 11) is 0. The maximum atomic E-state index is 11.2. The van der Waals surface area contributed by atoms with E-state index < -0.39 is 0 Å². The second kappa shape index (κ2) is 4.98. The fraction of sp³-hybridized carbons (Fsp3) is 0.462. The normalized spacial score (nSPS) is 19.8. The quantitative estimate of drug-likeness (QED) is 0.788. The zero-order valence-electron chi connectivity index (χ0n) is 9.45. The molecule has 1 aliphatic heterocycles. The lowest BCUT2D eigenvalue weighted by molar-refractivity contribution is -0.121. The number of likely N-dealkylation sites (tertiary alicyclic amines) is 1. The average molecular weight is 238 g/mol. The molecule has 0 aliphatic carbocycles. The minimum absolute atomic E-state index is 0.293. The standard InChI is InChI=1S/C13H16ClNO/c1-10(12-4-2-3-5-13(12)14)15-8-6-11(16)7-9-15/h2-5,10H,6-9H2,1H3. The summed E-state index contributed by atoms with van der Waals surface area (Å²) in [6, 6.07) is 8.22. The Balaban J connectivity index is 2.10. The molecule has 0 bridgehead atoms. The van der Waals surface area contributed by atoms with Crippen LogP contribution in [0.25, 0.3) is 0 Å². The van der Waals surface area contributed by atoms with E-state index in [1.165, 1.54) is 0 Å². The van der Waals surface area contributed by atoms with E-state index in [0.29, 0.717) is 24.7 Å². The molecule has 0 saturated carbocycles. The SMILES string of the molecule is CC(c1ccccc1Cl)N1CCC(=O)CC1. The third kappa shape index (κ3) is 2.45. The van der Waals surface area contributed by atoms with Crippen LogP contribution in [0.2, 0.25) is 5.02 Å². The maximum absolute atomic E-state index is 11.2. The molecule has 1 aromatic rings. The van der Waals surface area contributed by atoms with Crippen LogP contribution in [0.15, 0.2) is 24.3 Å². The minimum Gasteiger partial charge on any atom is -0.300 e. The highest BCUT2D eigenvalue weighted by molar-refractivity contribution is 6.31. The molecule has 1 aromatic carbocycles. The van der Waals surface area contributed by atoms with Gasteiger partial charge in [0.25, 0.3) is 0 Å². The monoisotopic (exact) mass is 237 g/mol. The Morgan fingerprint density at radius 1 is 1.25 bits per heavy atom. The molecule has 1 unspecified atom stereocenters. The molecule has 0 aromatic heterocycles. The molecule has 0 amide bonds. The number of carbonyl (C=O) groups excluding carboxylic acids is 1. The third-order valence-electron chi connectivity index (χ3n) is 3.26. The number of carbonyl (C=O) groups is 1. The van der Waals surface area contributed by atoms with Crippen molar-refractivity contribution in [3.05, 3.63) is 34.9 Å². The van der Waals surface area contributed by atoms with Crippen molar-refractivity contribution in [3.63, 3.8) is 0 Å². The largest absolute Gasteiger partial charge is 0.300 e. The van der Waals surface area contributed by atoms with E-state index in [1.807, 2.05) is 18.2 Å². The summed E-state index contributed by atoms with van der Waals surface area (Å²) in [6.45, 7) is 3.85. The van der Waals surface area contributed by atoms with Gasteiger partial charge in [0.15, 0.2) is 0 Å². The average Bonchev–Trinajstić information content (AvgIpc) is 2.30. The van der Waals surface area contributed by atoms with Crippen molar-refractivity contribution in [1.82, 2.24) is 4.90 Å². The first kappa shape index (κ1) is 11.6. The van der Waals surface area contributed by atoms with E-state index >= 15 is 0 Å². The molecule has 3 heteroatoms. The van der Waals surface area contributed by atoms with Crippen LogP contribution >= 0.6 is 11.6 Å². The van der Waals surface area contributed by atoms with Gasteiger partial charge in [-0.1, -0.05) is 29.8 Å². The Morgan fingerprint density at radius 3 is 2.50 bits per heavy atom. The fourth-order valence-corrected chi connectivity index (χ4v) is 2.46. The third-order valence-corrected chi connectivity index (χ3v) is 3.60. The molecular formula is C13H16ClNO. The summed E-state index contributed by atoms with van der Waals surface area (Å²) in [5.74, 6) is 0.377. The van der Waals surface area contributed by atoms with Gasteiger partial charge in [0.2, 0.25) is 0 Å². The summed E-state index contributed by atoms with van der Waals surface area (Å²) in [5, 5.41) is 0.812. The van der Waals surface area contributed by atoms with Crippen molar-refractivity contribution in [1.29, 1.82) is 0 Å². The van der Waals surface area contributed by atoms with Crippen LogP contribution in [0.3, 0.4) is 0 Å². The predicted molar refractivity (Wildman–Crippen MR) is 65.7 cm³/mol. The van der Waals surface area contributed by atoms with Crippen molar-refractivity contribution in [3.8, 4) is 0 Å². The van der Waals surface area contributed by atoms with Crippen molar-refractivity contribution in [2.75, 3.05) is 13.1 Å². The predicted octanol–water partition coefficient (Wildman–Crippen LogP) is 3.07. The lowest BCUT2D eigenvalue weighted by Crippen LogP contribution is -2.35. The Hall–Kier alpha value is -0.860. The van der Waals surface area contributed by atoms with Crippen LogP contribution in [0.5, 0.6) is 0 Å². The van der Waals surface area contributed by atoms with Crippen LogP contribution in [0.1, 0.15) is 31.4 Å². The topological polar surface area (TPSA) is 20.3 Å². The van der Waals surface area contributed by atoms with Crippen molar-refractivity contribution >= 4 is 17.4 Å². The van der Waals surface area contributed by atoms with Gasteiger partial charge in [-0.15, -0.1) is 0 Å². The Kier molecular flexibility index (Phi) is 3.62. The van der Waals surface area contributed by atoms with Crippen molar-refractivity contribution in [2.24, 2.45) is 0 Å². The molecule has 1 saturated heterocycles. The Bertz CT molecular complexity index is 381. The molecule has 0 radical (unpaired) electrons. The highest BCUT2D eigenvalue weighted by atomic mass is 35.5. The lowest BCUT2D eigenvalue weighted by atomic mass is 10.0. The molecule has 0 N–H and O–H groups in total.